The molecule has 0 heterocycles. The maximum absolute atomic E-state index is 14.2. The number of nitrogens with zero attached hydrogens (tertiary/aromatic N) is 1. The third-order valence-electron chi connectivity index (χ3n) is 5.25. The van der Waals surface area contributed by atoms with Crippen molar-refractivity contribution in [3.63, 3.8) is 0 Å². The van der Waals surface area contributed by atoms with Crippen molar-refractivity contribution in [3.8, 4) is 11.5 Å². The van der Waals surface area contributed by atoms with Crippen LogP contribution >= 0.6 is 0 Å². The molecular formula is C30H39F2N2NaO4. The van der Waals surface area contributed by atoms with E-state index in [9.17, 15) is 18.7 Å². The second-order valence-electron chi connectivity index (χ2n) is 8.44. The van der Waals surface area contributed by atoms with Crippen molar-refractivity contribution in [1.29, 1.82) is 0 Å². The molecule has 0 atom stereocenters. The van der Waals surface area contributed by atoms with Gasteiger partial charge in [-0.15, -0.1) is 0 Å². The molecule has 1 rings (SSSR count). The molecule has 0 fully saturated rings. The Morgan fingerprint density at radius 1 is 1.23 bits per heavy atom. The van der Waals surface area contributed by atoms with Crippen molar-refractivity contribution >= 4 is 5.97 Å². The first kappa shape index (κ1) is 36.2. The minimum absolute atomic E-state index is 0. The van der Waals surface area contributed by atoms with Crippen molar-refractivity contribution in [2.75, 3.05) is 33.4 Å². The summed E-state index contributed by atoms with van der Waals surface area (Å²) >= 11 is 0. The smallest absolute Gasteiger partial charge is 0.550 e. The topological polar surface area (TPSA) is 73.9 Å². The molecule has 6 nitrogen and oxygen atoms in total. The summed E-state index contributed by atoms with van der Waals surface area (Å²) < 4.78 is 38.7. The van der Waals surface area contributed by atoms with E-state index in [4.69, 9.17) is 9.47 Å². The molecule has 1 N–H and O–H groups in total. The molecule has 208 valence electrons. The Kier molecular flexibility index (Phi) is 19.5. The Hall–Kier alpha value is -2.81. The number of methoxy groups -OCH3 is 1. The SMILES string of the molecule is C=C/C=C(CNC(/C=C(\C)F)=C/C=C/CCC(=O)[O-])\C(C)=C\N(CCC)CCOc1c(F)cccc1OC.[Na+]. The molecule has 1 aromatic carbocycles. The van der Waals surface area contributed by atoms with Crippen LogP contribution in [0, 0.1) is 5.82 Å². The third kappa shape index (κ3) is 15.4. The van der Waals surface area contributed by atoms with Gasteiger partial charge in [0.05, 0.1) is 19.5 Å². The number of rotatable bonds is 18. The van der Waals surface area contributed by atoms with Gasteiger partial charge in [-0.25, -0.2) is 8.78 Å². The van der Waals surface area contributed by atoms with Gasteiger partial charge >= 0.3 is 29.6 Å². The van der Waals surface area contributed by atoms with E-state index in [1.807, 2.05) is 19.2 Å². The number of benzene rings is 1. The fourth-order valence-corrected chi connectivity index (χ4v) is 3.45. The van der Waals surface area contributed by atoms with Crippen LogP contribution in [0.15, 0.2) is 90.1 Å². The van der Waals surface area contributed by atoms with Gasteiger partial charge < -0.3 is 29.6 Å². The molecule has 0 unspecified atom stereocenters. The van der Waals surface area contributed by atoms with Gasteiger partial charge in [0.2, 0.25) is 0 Å². The Balaban J connectivity index is 0.0000144. The molecule has 0 bridgehead atoms. The number of carboxylic acids is 1. The Labute approximate surface area is 253 Å². The maximum Gasteiger partial charge on any atom is 1.00 e. The normalized spacial score (nSPS) is 12.7. The molecule has 0 aliphatic rings. The third-order valence-corrected chi connectivity index (χ3v) is 5.25. The van der Waals surface area contributed by atoms with Gasteiger partial charge in [-0.1, -0.05) is 43.9 Å². The van der Waals surface area contributed by atoms with Crippen LogP contribution < -0.4 is 49.5 Å². The van der Waals surface area contributed by atoms with Gasteiger partial charge in [0.1, 0.15) is 6.61 Å². The summed E-state index contributed by atoms with van der Waals surface area (Å²) in [5.74, 6) is -1.53. The number of carbonyl (C=O) groups excluding carboxylic acids is 1. The van der Waals surface area contributed by atoms with Crippen molar-refractivity contribution < 1.29 is 57.7 Å². The van der Waals surface area contributed by atoms with E-state index in [-0.39, 0.29) is 54.2 Å². The summed E-state index contributed by atoms with van der Waals surface area (Å²) in [7, 11) is 1.47. The number of hydrogen-bond donors (Lipinski definition) is 1. The largest absolute Gasteiger partial charge is 1.00 e. The summed E-state index contributed by atoms with van der Waals surface area (Å²) in [6.45, 7) is 11.2. The number of halogens is 2. The van der Waals surface area contributed by atoms with E-state index >= 15 is 0 Å². The van der Waals surface area contributed by atoms with E-state index < -0.39 is 11.8 Å². The predicted molar refractivity (Wildman–Crippen MR) is 147 cm³/mol. The Morgan fingerprint density at radius 2 is 1.97 bits per heavy atom. The van der Waals surface area contributed by atoms with Crippen LogP contribution in [-0.2, 0) is 4.79 Å². The second kappa shape index (κ2) is 21.1. The molecule has 9 heteroatoms. The van der Waals surface area contributed by atoms with Gasteiger partial charge in [0, 0.05) is 31.0 Å². The van der Waals surface area contributed by atoms with Gasteiger partial charge in [-0.3, -0.25) is 0 Å². The van der Waals surface area contributed by atoms with Gasteiger partial charge in [0.15, 0.2) is 17.3 Å². The summed E-state index contributed by atoms with van der Waals surface area (Å²) in [5, 5.41) is 13.8. The maximum atomic E-state index is 14.2. The zero-order valence-corrected chi connectivity index (χ0v) is 25.8. The van der Waals surface area contributed by atoms with Crippen molar-refractivity contribution in [1.82, 2.24) is 10.2 Å². The quantitative estimate of drug-likeness (QED) is 0.223. The fourth-order valence-electron chi connectivity index (χ4n) is 3.45. The molecule has 0 radical (unpaired) electrons. The summed E-state index contributed by atoms with van der Waals surface area (Å²) in [5.41, 5.74) is 2.45. The number of ether oxygens (including phenoxy) is 2. The Morgan fingerprint density at radius 3 is 2.59 bits per heavy atom. The number of hydrogen-bond acceptors (Lipinski definition) is 6. The minimum atomic E-state index is -1.12. The van der Waals surface area contributed by atoms with Crippen molar-refractivity contribution in [3.05, 3.63) is 95.9 Å². The molecule has 0 aromatic heterocycles. The molecule has 0 saturated carbocycles. The fraction of sp³-hybridized carbons (Fsp3) is 0.367. The van der Waals surface area contributed by atoms with Gasteiger partial charge in [0.25, 0.3) is 0 Å². The first-order valence-electron chi connectivity index (χ1n) is 12.6. The Bertz CT molecular complexity index is 1060. The monoisotopic (exact) mass is 552 g/mol. The minimum Gasteiger partial charge on any atom is -0.550 e. The standard InChI is InChI=1S/C30H40F2N2O4.Na/c1-6-12-25(21-33-26(20-24(4)31)13-9-8-10-16-29(35)36)23(3)22-34(17-7-2)18-19-38-30-27(32)14-11-15-28(30)37-5;/h6,8-9,11-15,20,22,33H,1,7,10,16-19,21H2,2-5H3,(H,35,36);/q;+1/p-1/b9-8+,23-22+,24-20+,25-12-,26-13+;. The summed E-state index contributed by atoms with van der Waals surface area (Å²) in [6, 6.07) is 4.55. The first-order valence-corrected chi connectivity index (χ1v) is 12.6. The van der Waals surface area contributed by atoms with Gasteiger partial charge in [-0.05, 0) is 68.5 Å². The van der Waals surface area contributed by atoms with Crippen LogP contribution in [0.4, 0.5) is 8.78 Å². The second-order valence-corrected chi connectivity index (χ2v) is 8.44. The van der Waals surface area contributed by atoms with Crippen LogP contribution in [-0.4, -0.2) is 44.2 Å². The van der Waals surface area contributed by atoms with Crippen LogP contribution in [0.1, 0.15) is 40.0 Å². The van der Waals surface area contributed by atoms with Crippen LogP contribution in [0.3, 0.4) is 0 Å². The average molecular weight is 553 g/mol. The summed E-state index contributed by atoms with van der Waals surface area (Å²) in [4.78, 5) is 12.6. The molecular weight excluding hydrogens is 513 g/mol. The first-order chi connectivity index (χ1) is 18.2. The van der Waals surface area contributed by atoms with Crippen molar-refractivity contribution in [2.24, 2.45) is 0 Å². The van der Waals surface area contributed by atoms with Crippen LogP contribution in [0.5, 0.6) is 11.5 Å². The number of aliphatic carboxylic acids is 1. The van der Waals surface area contributed by atoms with Crippen LogP contribution in [0.2, 0.25) is 0 Å². The number of para-hydroxylation sites is 1. The molecule has 1 aromatic rings. The van der Waals surface area contributed by atoms with E-state index in [0.29, 0.717) is 31.0 Å². The average Bonchev–Trinajstić information content (AvgIpc) is 2.86. The van der Waals surface area contributed by atoms with Gasteiger partial charge in [-0.2, -0.15) is 0 Å². The number of allylic oxidation sites excluding steroid dienone is 7. The van der Waals surface area contributed by atoms with Crippen molar-refractivity contribution in [2.45, 2.75) is 40.0 Å². The van der Waals surface area contributed by atoms with E-state index in [0.717, 1.165) is 24.1 Å². The zero-order chi connectivity index (χ0) is 28.3. The molecule has 0 spiro atoms. The molecule has 0 aliphatic heterocycles. The van der Waals surface area contributed by atoms with E-state index in [1.54, 1.807) is 36.4 Å². The molecule has 0 aliphatic carbocycles. The number of nitrogens with one attached hydrogen (secondary N) is 1. The summed E-state index contributed by atoms with van der Waals surface area (Å²) in [6.07, 6.45) is 13.2. The number of carboxylic acid groups (broad SMARTS) is 1. The van der Waals surface area contributed by atoms with E-state index in [2.05, 4.69) is 23.7 Å². The molecule has 39 heavy (non-hydrogen) atoms. The van der Waals surface area contributed by atoms with E-state index in [1.165, 1.54) is 26.2 Å². The molecule has 0 saturated heterocycles. The predicted octanol–water partition coefficient (Wildman–Crippen LogP) is 2.38. The molecule has 0 amide bonds. The zero-order valence-electron chi connectivity index (χ0n) is 23.8. The van der Waals surface area contributed by atoms with Crippen LogP contribution in [0.25, 0.3) is 0 Å². The number of carbonyl (C=O) groups is 1.